The van der Waals surface area contributed by atoms with Crippen molar-refractivity contribution >= 4 is 37.8 Å². The number of aliphatic hydroxyl groups excluding tert-OH is 2. The van der Waals surface area contributed by atoms with Crippen molar-refractivity contribution in [2.45, 2.75) is 31.1 Å². The first-order valence-electron chi connectivity index (χ1n) is 9.98. The van der Waals surface area contributed by atoms with Crippen LogP contribution >= 0.6 is 37.8 Å². The van der Waals surface area contributed by atoms with Gasteiger partial charge in [0.1, 0.15) is 24.9 Å². The van der Waals surface area contributed by atoms with Crippen molar-refractivity contribution < 1.29 is 48.1 Å². The summed E-state index contributed by atoms with van der Waals surface area (Å²) in [5.74, 6) is -1.42. The topological polar surface area (TPSA) is 202 Å². The molecule has 1 saturated heterocycles. The Kier molecular flexibility index (Phi) is 9.13. The fourth-order valence-corrected chi connectivity index (χ4v) is 6.12. The normalized spacial score (nSPS) is 24.9. The SMILES string of the molecule is Cn1c(=O)n([C@@H]2O[C@H](COP(=O)(O)CP(=O)(O)O)[C@@H](O)[C@H]2O)cc/c1=N\OCc1ccc(I)cc1. The molecular formula is C18H24IN3O11P2. The van der Waals surface area contributed by atoms with E-state index < -0.39 is 57.9 Å². The molecule has 3 rings (SSSR count). The lowest BCUT2D eigenvalue weighted by molar-refractivity contribution is -0.0530. The average Bonchev–Trinajstić information content (AvgIpc) is 3.03. The van der Waals surface area contributed by atoms with E-state index in [0.29, 0.717) is 0 Å². The second-order valence-corrected chi connectivity index (χ2v) is 12.9. The summed E-state index contributed by atoms with van der Waals surface area (Å²) in [5.41, 5.74) is 0.378. The van der Waals surface area contributed by atoms with Crippen molar-refractivity contribution in [3.8, 4) is 0 Å². The molecule has 1 fully saturated rings. The smallest absolute Gasteiger partial charge is 0.340 e. The number of hydrogen-bond acceptors (Lipinski definition) is 9. The van der Waals surface area contributed by atoms with Gasteiger partial charge in [-0.05, 0) is 40.3 Å². The van der Waals surface area contributed by atoms with Gasteiger partial charge < -0.3 is 39.0 Å². The van der Waals surface area contributed by atoms with Gasteiger partial charge in [-0.2, -0.15) is 0 Å². The van der Waals surface area contributed by atoms with Crippen molar-refractivity contribution in [3.63, 3.8) is 0 Å². The van der Waals surface area contributed by atoms with Crippen molar-refractivity contribution in [2.75, 3.05) is 12.5 Å². The lowest BCUT2D eigenvalue weighted by atomic mass is 10.1. The summed E-state index contributed by atoms with van der Waals surface area (Å²) in [6.45, 7) is -0.585. The fraction of sp³-hybridized carbons (Fsp3) is 0.444. The summed E-state index contributed by atoms with van der Waals surface area (Å²) < 4.78 is 36.1. The van der Waals surface area contributed by atoms with Gasteiger partial charge in [0.15, 0.2) is 17.6 Å². The summed E-state index contributed by atoms with van der Waals surface area (Å²) in [7, 11) is -8.13. The number of halogens is 1. The minimum Gasteiger partial charge on any atom is -0.389 e. The predicted octanol–water partition coefficient (Wildman–Crippen LogP) is -0.220. The molecule has 14 nitrogen and oxygen atoms in total. The van der Waals surface area contributed by atoms with E-state index in [1.165, 1.54) is 19.3 Å². The van der Waals surface area contributed by atoms with E-state index in [4.69, 9.17) is 19.4 Å². The Hall–Kier alpha value is -1.39. The molecule has 5 N–H and O–H groups in total. The van der Waals surface area contributed by atoms with Crippen LogP contribution in [0.3, 0.4) is 0 Å². The van der Waals surface area contributed by atoms with Crippen molar-refractivity contribution in [2.24, 2.45) is 12.2 Å². The van der Waals surface area contributed by atoms with Gasteiger partial charge in [0.2, 0.25) is 0 Å². The molecule has 1 aromatic carbocycles. The molecule has 0 spiro atoms. The highest BCUT2D eigenvalue weighted by atomic mass is 127. The van der Waals surface area contributed by atoms with Gasteiger partial charge in [-0.25, -0.2) is 4.79 Å². The molecule has 17 heteroatoms. The Morgan fingerprint density at radius 2 is 1.77 bits per heavy atom. The van der Waals surface area contributed by atoms with Crippen LogP contribution in [0.4, 0.5) is 0 Å². The molecule has 1 aliphatic heterocycles. The number of nitrogens with zero attached hydrogens (tertiary/aromatic N) is 3. The van der Waals surface area contributed by atoms with Crippen LogP contribution in [-0.4, -0.2) is 64.8 Å². The van der Waals surface area contributed by atoms with Crippen LogP contribution in [0.5, 0.6) is 0 Å². The third-order valence-electron chi connectivity index (χ3n) is 4.95. The number of ether oxygens (including phenoxy) is 1. The summed E-state index contributed by atoms with van der Waals surface area (Å²) in [6, 6.07) is 9.00. The Morgan fingerprint density at radius 3 is 2.40 bits per heavy atom. The number of hydrogen-bond donors (Lipinski definition) is 5. The predicted molar refractivity (Wildman–Crippen MR) is 128 cm³/mol. The molecule has 0 saturated carbocycles. The second-order valence-electron chi connectivity index (χ2n) is 7.70. The van der Waals surface area contributed by atoms with Crippen LogP contribution in [0.25, 0.3) is 0 Å². The Bertz CT molecular complexity index is 1260. The van der Waals surface area contributed by atoms with Crippen LogP contribution in [0.15, 0.2) is 46.5 Å². The average molecular weight is 647 g/mol. The minimum atomic E-state index is -4.84. The third-order valence-corrected chi connectivity index (χ3v) is 9.13. The molecule has 35 heavy (non-hydrogen) atoms. The van der Waals surface area contributed by atoms with Gasteiger partial charge in [0.05, 0.1) is 6.61 Å². The van der Waals surface area contributed by atoms with E-state index in [2.05, 4.69) is 32.3 Å². The van der Waals surface area contributed by atoms with Crippen LogP contribution in [0.1, 0.15) is 11.8 Å². The van der Waals surface area contributed by atoms with Gasteiger partial charge in [-0.3, -0.25) is 18.3 Å². The van der Waals surface area contributed by atoms with Crippen molar-refractivity contribution in [3.05, 3.63) is 61.6 Å². The zero-order valence-electron chi connectivity index (χ0n) is 18.2. The van der Waals surface area contributed by atoms with Crippen LogP contribution < -0.4 is 11.2 Å². The quantitative estimate of drug-likeness (QED) is 0.137. The molecule has 5 atom stereocenters. The van der Waals surface area contributed by atoms with Crippen LogP contribution in [-0.2, 0) is 36.9 Å². The monoisotopic (exact) mass is 647 g/mol. The molecule has 2 aromatic rings. The van der Waals surface area contributed by atoms with Gasteiger partial charge in [0, 0.05) is 22.9 Å². The van der Waals surface area contributed by atoms with E-state index in [1.807, 2.05) is 24.3 Å². The summed E-state index contributed by atoms with van der Waals surface area (Å²) in [6.07, 6.45) is -4.69. The largest absolute Gasteiger partial charge is 0.389 e. The second kappa shape index (κ2) is 11.3. The maximum Gasteiger partial charge on any atom is 0.340 e. The van der Waals surface area contributed by atoms with Crippen molar-refractivity contribution in [1.29, 1.82) is 0 Å². The van der Waals surface area contributed by atoms with Gasteiger partial charge >= 0.3 is 20.9 Å². The Morgan fingerprint density at radius 1 is 1.11 bits per heavy atom. The molecule has 194 valence electrons. The summed E-state index contributed by atoms with van der Waals surface area (Å²) in [5, 5.41) is 24.5. The number of aromatic nitrogens is 2. The molecule has 2 heterocycles. The molecule has 1 aliphatic rings. The molecule has 0 aliphatic carbocycles. The maximum absolute atomic E-state index is 12.8. The van der Waals surface area contributed by atoms with Gasteiger partial charge in [-0.15, -0.1) is 0 Å². The zero-order valence-corrected chi connectivity index (χ0v) is 22.1. The number of aliphatic hydroxyl groups is 2. The molecule has 0 radical (unpaired) electrons. The number of rotatable bonds is 9. The molecule has 0 amide bonds. The van der Waals surface area contributed by atoms with E-state index in [1.54, 1.807) is 0 Å². The minimum absolute atomic E-state index is 0.170. The lowest BCUT2D eigenvalue weighted by Gasteiger charge is -2.19. The maximum atomic E-state index is 12.8. The molecule has 0 bridgehead atoms. The first-order valence-corrected chi connectivity index (χ1v) is 14.6. The van der Waals surface area contributed by atoms with Crippen LogP contribution in [0, 0.1) is 3.57 Å². The summed E-state index contributed by atoms with van der Waals surface area (Å²) >= 11 is 2.18. The van der Waals surface area contributed by atoms with Gasteiger partial charge in [-0.1, -0.05) is 17.3 Å². The number of benzene rings is 1. The molecular weight excluding hydrogens is 623 g/mol. The highest BCUT2D eigenvalue weighted by molar-refractivity contribution is 14.1. The van der Waals surface area contributed by atoms with Gasteiger partial charge in [0.25, 0.3) is 0 Å². The first-order chi connectivity index (χ1) is 16.3. The fourth-order valence-electron chi connectivity index (χ4n) is 3.19. The standard InChI is InChI=1S/C18H24IN3O11P2/c1-21-14(20-31-8-11-2-4-12(19)5-3-11)6-7-22(18(21)25)17-16(24)15(23)13(33-17)9-32-35(29,30)10-34(26,27)28/h2-7,13,15-17,23-24H,8-10H2,1H3,(H,29,30)(H2,26,27,28)/b20-14+/t13-,15-,16-,17-/m1/s1. The molecule has 1 aromatic heterocycles. The Labute approximate surface area is 212 Å². The lowest BCUT2D eigenvalue weighted by Crippen LogP contribution is -2.42. The highest BCUT2D eigenvalue weighted by Crippen LogP contribution is 2.55. The molecule has 1 unspecified atom stereocenters. The van der Waals surface area contributed by atoms with Crippen molar-refractivity contribution in [1.82, 2.24) is 9.13 Å². The van der Waals surface area contributed by atoms with E-state index >= 15 is 0 Å². The summed E-state index contributed by atoms with van der Waals surface area (Å²) in [4.78, 5) is 45.4. The Balaban J connectivity index is 1.70. The first kappa shape index (κ1) is 28.2. The van der Waals surface area contributed by atoms with E-state index in [9.17, 15) is 29.0 Å². The zero-order chi connectivity index (χ0) is 26.0. The highest BCUT2D eigenvalue weighted by Gasteiger charge is 2.45. The van der Waals surface area contributed by atoms with E-state index in [-0.39, 0.29) is 12.1 Å². The van der Waals surface area contributed by atoms with E-state index in [0.717, 1.165) is 18.3 Å². The van der Waals surface area contributed by atoms with Crippen LogP contribution in [0.2, 0.25) is 0 Å². The third kappa shape index (κ3) is 7.55.